The minimum atomic E-state index is -1.14. The molecule has 0 atom stereocenters. The van der Waals surface area contributed by atoms with Gasteiger partial charge in [0.2, 0.25) is 0 Å². The number of nitrogens with zero attached hydrogens (tertiary/aromatic N) is 1. The summed E-state index contributed by atoms with van der Waals surface area (Å²) in [6.45, 7) is 0.534. The molecule has 1 aliphatic rings. The maximum atomic E-state index is 11.9. The average molecular weight is 260 g/mol. The molecule has 100 valence electrons. The van der Waals surface area contributed by atoms with Crippen molar-refractivity contribution in [2.45, 2.75) is 25.7 Å². The van der Waals surface area contributed by atoms with Gasteiger partial charge in [0.05, 0.1) is 11.1 Å². The molecule has 1 aromatic heterocycles. The van der Waals surface area contributed by atoms with Gasteiger partial charge in [0.25, 0.3) is 5.91 Å². The number of pyridine rings is 1. The Morgan fingerprint density at radius 1 is 1.37 bits per heavy atom. The number of carbonyl (C=O) groups excluding carboxylic acids is 1. The van der Waals surface area contributed by atoms with Gasteiger partial charge in [0.15, 0.2) is 0 Å². The van der Waals surface area contributed by atoms with Crippen molar-refractivity contribution in [3.05, 3.63) is 41.2 Å². The first-order valence-electron chi connectivity index (χ1n) is 6.32. The first-order chi connectivity index (χ1) is 9.18. The fraction of sp³-hybridized carbons (Fsp3) is 0.357. The van der Waals surface area contributed by atoms with Gasteiger partial charge in [-0.1, -0.05) is 11.6 Å². The van der Waals surface area contributed by atoms with Crippen molar-refractivity contribution >= 4 is 11.9 Å². The minimum absolute atomic E-state index is 0.0694. The van der Waals surface area contributed by atoms with Crippen LogP contribution in [0.4, 0.5) is 0 Å². The lowest BCUT2D eigenvalue weighted by Crippen LogP contribution is -2.26. The van der Waals surface area contributed by atoms with Gasteiger partial charge in [-0.15, -0.1) is 0 Å². The summed E-state index contributed by atoms with van der Waals surface area (Å²) in [4.78, 5) is 26.6. The summed E-state index contributed by atoms with van der Waals surface area (Å²) in [7, 11) is 0. The zero-order valence-corrected chi connectivity index (χ0v) is 10.6. The van der Waals surface area contributed by atoms with Crippen molar-refractivity contribution in [3.8, 4) is 0 Å². The van der Waals surface area contributed by atoms with Crippen LogP contribution in [-0.2, 0) is 0 Å². The summed E-state index contributed by atoms with van der Waals surface area (Å²) in [5, 5.41) is 11.7. The summed E-state index contributed by atoms with van der Waals surface area (Å²) in [5.41, 5.74) is 1.46. The van der Waals surface area contributed by atoms with E-state index in [1.54, 1.807) is 0 Å². The van der Waals surface area contributed by atoms with E-state index in [1.165, 1.54) is 30.5 Å². The van der Waals surface area contributed by atoms with Crippen molar-refractivity contribution in [1.29, 1.82) is 0 Å². The number of hydrogen-bond acceptors (Lipinski definition) is 3. The molecule has 5 nitrogen and oxygen atoms in total. The Balaban J connectivity index is 1.94. The average Bonchev–Trinajstić information content (AvgIpc) is 2.91. The van der Waals surface area contributed by atoms with E-state index >= 15 is 0 Å². The number of nitrogens with one attached hydrogen (secondary N) is 1. The van der Waals surface area contributed by atoms with Crippen molar-refractivity contribution in [2.24, 2.45) is 0 Å². The molecule has 0 radical (unpaired) electrons. The van der Waals surface area contributed by atoms with Crippen LogP contribution >= 0.6 is 0 Å². The second-order valence-corrected chi connectivity index (χ2v) is 4.49. The van der Waals surface area contributed by atoms with Crippen molar-refractivity contribution in [2.75, 3.05) is 6.54 Å². The number of rotatable bonds is 5. The topological polar surface area (TPSA) is 79.3 Å². The first kappa shape index (κ1) is 13.3. The molecule has 19 heavy (non-hydrogen) atoms. The summed E-state index contributed by atoms with van der Waals surface area (Å²) in [6.07, 6.45) is 9.07. The maximum Gasteiger partial charge on any atom is 0.338 e. The molecule has 2 rings (SSSR count). The van der Waals surface area contributed by atoms with E-state index in [9.17, 15) is 9.59 Å². The van der Waals surface area contributed by atoms with E-state index in [1.807, 2.05) is 0 Å². The Labute approximate surface area is 111 Å². The standard InChI is InChI=1S/C14H16N2O3/c17-13(16-8-5-10-3-1-2-4-10)11-6-7-15-9-12(11)14(18)19/h3,6-7,9H,1-2,4-5,8H2,(H,16,17)(H,18,19). The fourth-order valence-corrected chi connectivity index (χ4v) is 2.16. The van der Waals surface area contributed by atoms with Crippen LogP contribution in [0, 0.1) is 0 Å². The van der Waals surface area contributed by atoms with E-state index in [0.29, 0.717) is 6.54 Å². The second kappa shape index (κ2) is 6.13. The smallest absolute Gasteiger partial charge is 0.338 e. The predicted octanol–water partition coefficient (Wildman–Crippen LogP) is 2.01. The largest absolute Gasteiger partial charge is 0.478 e. The molecule has 1 heterocycles. The summed E-state index contributed by atoms with van der Waals surface area (Å²) >= 11 is 0. The second-order valence-electron chi connectivity index (χ2n) is 4.49. The highest BCUT2D eigenvalue weighted by Gasteiger charge is 2.16. The lowest BCUT2D eigenvalue weighted by atomic mass is 10.1. The van der Waals surface area contributed by atoms with Crippen LogP contribution in [0.3, 0.4) is 0 Å². The highest BCUT2D eigenvalue weighted by Crippen LogP contribution is 2.19. The van der Waals surface area contributed by atoms with E-state index in [0.717, 1.165) is 19.3 Å². The molecule has 0 bridgehead atoms. The lowest BCUT2D eigenvalue weighted by Gasteiger charge is -2.07. The quantitative estimate of drug-likeness (QED) is 0.794. The number of carboxylic acid groups (broad SMARTS) is 1. The minimum Gasteiger partial charge on any atom is -0.478 e. The van der Waals surface area contributed by atoms with Gasteiger partial charge in [-0.05, 0) is 31.7 Å². The monoisotopic (exact) mass is 260 g/mol. The number of aromatic carboxylic acids is 1. The van der Waals surface area contributed by atoms with Crippen LogP contribution in [0.25, 0.3) is 0 Å². The van der Waals surface area contributed by atoms with E-state index in [2.05, 4.69) is 16.4 Å². The van der Waals surface area contributed by atoms with Gasteiger partial charge < -0.3 is 10.4 Å². The highest BCUT2D eigenvalue weighted by atomic mass is 16.4. The lowest BCUT2D eigenvalue weighted by molar-refractivity contribution is 0.0690. The van der Waals surface area contributed by atoms with Gasteiger partial charge in [-0.2, -0.15) is 0 Å². The molecule has 1 aromatic rings. The third-order valence-corrected chi connectivity index (χ3v) is 3.16. The Morgan fingerprint density at radius 2 is 2.21 bits per heavy atom. The number of carboxylic acids is 1. The Kier molecular flexibility index (Phi) is 4.28. The third kappa shape index (κ3) is 3.40. The summed E-state index contributed by atoms with van der Waals surface area (Å²) < 4.78 is 0. The Hall–Kier alpha value is -2.17. The molecule has 0 spiro atoms. The fourth-order valence-electron chi connectivity index (χ4n) is 2.16. The van der Waals surface area contributed by atoms with Gasteiger partial charge >= 0.3 is 5.97 Å². The molecule has 5 heteroatoms. The zero-order chi connectivity index (χ0) is 13.7. The van der Waals surface area contributed by atoms with Crippen LogP contribution in [0.2, 0.25) is 0 Å². The maximum absolute atomic E-state index is 11.9. The summed E-state index contributed by atoms with van der Waals surface area (Å²) in [6, 6.07) is 1.42. The number of amides is 1. The molecule has 1 amide bonds. The van der Waals surface area contributed by atoms with Crippen LogP contribution in [-0.4, -0.2) is 28.5 Å². The van der Waals surface area contributed by atoms with Crippen LogP contribution in [0.15, 0.2) is 30.1 Å². The van der Waals surface area contributed by atoms with Gasteiger partial charge in [0.1, 0.15) is 0 Å². The van der Waals surface area contributed by atoms with Crippen molar-refractivity contribution < 1.29 is 14.7 Å². The first-order valence-corrected chi connectivity index (χ1v) is 6.32. The van der Waals surface area contributed by atoms with E-state index in [4.69, 9.17) is 5.11 Å². The zero-order valence-electron chi connectivity index (χ0n) is 10.6. The highest BCUT2D eigenvalue weighted by molar-refractivity contribution is 6.04. The molecular formula is C14H16N2O3. The molecule has 1 aliphatic carbocycles. The Bertz CT molecular complexity index is 523. The van der Waals surface area contributed by atoms with E-state index in [-0.39, 0.29) is 17.0 Å². The molecule has 0 fully saturated rings. The number of hydrogen-bond donors (Lipinski definition) is 2. The third-order valence-electron chi connectivity index (χ3n) is 3.16. The molecule has 0 saturated carbocycles. The summed E-state index contributed by atoms with van der Waals surface area (Å²) in [5.74, 6) is -1.50. The van der Waals surface area contributed by atoms with Crippen LogP contribution in [0.5, 0.6) is 0 Å². The number of carbonyl (C=O) groups is 2. The van der Waals surface area contributed by atoms with E-state index < -0.39 is 5.97 Å². The molecule has 0 saturated heterocycles. The molecule has 2 N–H and O–H groups in total. The van der Waals surface area contributed by atoms with Gasteiger partial charge in [0, 0.05) is 18.9 Å². The van der Waals surface area contributed by atoms with Crippen LogP contribution in [0.1, 0.15) is 46.4 Å². The Morgan fingerprint density at radius 3 is 2.89 bits per heavy atom. The predicted molar refractivity (Wildman–Crippen MR) is 70.1 cm³/mol. The SMILES string of the molecule is O=C(O)c1cnccc1C(=O)NCCC1=CCCC1. The molecule has 0 aliphatic heterocycles. The van der Waals surface area contributed by atoms with Crippen LogP contribution < -0.4 is 5.32 Å². The molecular weight excluding hydrogens is 244 g/mol. The van der Waals surface area contributed by atoms with Crippen molar-refractivity contribution in [1.82, 2.24) is 10.3 Å². The molecule has 0 aromatic carbocycles. The van der Waals surface area contributed by atoms with Gasteiger partial charge in [-0.3, -0.25) is 9.78 Å². The molecule has 0 unspecified atom stereocenters. The normalized spacial score (nSPS) is 14.0. The van der Waals surface area contributed by atoms with Crippen molar-refractivity contribution in [3.63, 3.8) is 0 Å². The number of aromatic nitrogens is 1. The number of allylic oxidation sites excluding steroid dienone is 1. The van der Waals surface area contributed by atoms with Gasteiger partial charge in [-0.25, -0.2) is 4.79 Å².